The number of thiazole rings is 1. The van der Waals surface area contributed by atoms with Crippen LogP contribution in [0.5, 0.6) is 0 Å². The average molecular weight is 249 g/mol. The number of nitrogens with one attached hydrogen (secondary N) is 2. The smallest absolute Gasteiger partial charge is 0.132 e. The van der Waals surface area contributed by atoms with Crippen LogP contribution in [-0.4, -0.2) is 22.0 Å². The van der Waals surface area contributed by atoms with E-state index in [4.69, 9.17) is 0 Å². The van der Waals surface area contributed by atoms with Crippen molar-refractivity contribution in [3.8, 4) is 0 Å². The van der Waals surface area contributed by atoms with E-state index < -0.39 is 0 Å². The summed E-state index contributed by atoms with van der Waals surface area (Å²) in [5.74, 6) is 2.40. The van der Waals surface area contributed by atoms with Gasteiger partial charge in [-0.2, -0.15) is 0 Å². The van der Waals surface area contributed by atoms with Crippen LogP contribution in [0.15, 0.2) is 12.3 Å². The third kappa shape index (κ3) is 3.13. The first-order valence-corrected chi connectivity index (χ1v) is 6.17. The molecule has 17 heavy (non-hydrogen) atoms. The van der Waals surface area contributed by atoms with Crippen molar-refractivity contribution in [2.75, 3.05) is 17.7 Å². The Morgan fingerprint density at radius 1 is 1.24 bits per heavy atom. The second kappa shape index (κ2) is 5.09. The summed E-state index contributed by atoms with van der Waals surface area (Å²) in [7, 11) is 1.85. The first-order valence-electron chi connectivity index (χ1n) is 5.36. The molecule has 0 bridgehead atoms. The van der Waals surface area contributed by atoms with Gasteiger partial charge in [-0.25, -0.2) is 15.0 Å². The summed E-state index contributed by atoms with van der Waals surface area (Å²) < 4.78 is 0. The first kappa shape index (κ1) is 11.8. The Morgan fingerprint density at radius 2 is 2.00 bits per heavy atom. The Kier molecular flexibility index (Phi) is 3.53. The summed E-state index contributed by atoms with van der Waals surface area (Å²) in [5, 5.41) is 7.36. The Bertz CT molecular complexity index is 508. The van der Waals surface area contributed by atoms with Crippen molar-refractivity contribution < 1.29 is 0 Å². The third-order valence-electron chi connectivity index (χ3n) is 2.21. The van der Waals surface area contributed by atoms with Crippen molar-refractivity contribution in [2.24, 2.45) is 0 Å². The Hall–Kier alpha value is -1.69. The molecule has 2 aromatic rings. The maximum atomic E-state index is 4.33. The molecule has 90 valence electrons. The predicted molar refractivity (Wildman–Crippen MR) is 70.5 cm³/mol. The summed E-state index contributed by atoms with van der Waals surface area (Å²) in [6.45, 7) is 4.62. The highest BCUT2D eigenvalue weighted by Crippen LogP contribution is 2.15. The molecule has 0 fully saturated rings. The topological polar surface area (TPSA) is 62.7 Å². The van der Waals surface area contributed by atoms with E-state index in [0.29, 0.717) is 0 Å². The average Bonchev–Trinajstić information content (AvgIpc) is 2.72. The number of hydrogen-bond acceptors (Lipinski definition) is 6. The van der Waals surface area contributed by atoms with Gasteiger partial charge in [0.05, 0.1) is 11.6 Å². The van der Waals surface area contributed by atoms with E-state index >= 15 is 0 Å². The van der Waals surface area contributed by atoms with Crippen molar-refractivity contribution in [3.05, 3.63) is 28.0 Å². The van der Waals surface area contributed by atoms with Crippen molar-refractivity contribution in [1.29, 1.82) is 0 Å². The van der Waals surface area contributed by atoms with Gasteiger partial charge in [-0.3, -0.25) is 0 Å². The van der Waals surface area contributed by atoms with Crippen LogP contribution in [0.25, 0.3) is 0 Å². The summed E-state index contributed by atoms with van der Waals surface area (Å²) in [5.41, 5.74) is 0. The van der Waals surface area contributed by atoms with Gasteiger partial charge in [0, 0.05) is 24.2 Å². The van der Waals surface area contributed by atoms with Gasteiger partial charge in [0.15, 0.2) is 0 Å². The molecule has 2 rings (SSSR count). The number of anilines is 2. The molecule has 0 aliphatic rings. The molecule has 0 atom stereocenters. The molecule has 5 nitrogen and oxygen atoms in total. The number of aromatic nitrogens is 3. The largest absolute Gasteiger partial charge is 0.373 e. The fraction of sp³-hybridized carbons (Fsp3) is 0.364. The predicted octanol–water partition coefficient (Wildman–Crippen LogP) is 2.20. The zero-order valence-electron chi connectivity index (χ0n) is 10.1. The van der Waals surface area contributed by atoms with Crippen molar-refractivity contribution >= 4 is 23.0 Å². The van der Waals surface area contributed by atoms with E-state index in [1.807, 2.05) is 33.2 Å². The molecule has 2 heterocycles. The van der Waals surface area contributed by atoms with Crippen molar-refractivity contribution in [2.45, 2.75) is 20.4 Å². The van der Waals surface area contributed by atoms with Gasteiger partial charge in [-0.15, -0.1) is 11.3 Å². The molecule has 6 heteroatoms. The third-order valence-corrected chi connectivity index (χ3v) is 3.12. The van der Waals surface area contributed by atoms with E-state index in [9.17, 15) is 0 Å². The zero-order chi connectivity index (χ0) is 12.3. The summed E-state index contributed by atoms with van der Waals surface area (Å²) in [4.78, 5) is 14.0. The molecule has 0 aliphatic heterocycles. The van der Waals surface area contributed by atoms with Crippen LogP contribution in [0.2, 0.25) is 0 Å². The highest BCUT2D eigenvalue weighted by atomic mass is 32.1. The number of nitrogens with zero attached hydrogens (tertiary/aromatic N) is 3. The maximum Gasteiger partial charge on any atom is 0.132 e. The van der Waals surface area contributed by atoms with Crippen LogP contribution in [-0.2, 0) is 6.54 Å². The monoisotopic (exact) mass is 249 g/mol. The fourth-order valence-corrected chi connectivity index (χ4v) is 2.19. The molecule has 2 N–H and O–H groups in total. The van der Waals surface area contributed by atoms with Gasteiger partial charge in [0.1, 0.15) is 17.5 Å². The number of aryl methyl sites for hydroxylation is 2. The normalized spacial score (nSPS) is 10.3. The van der Waals surface area contributed by atoms with E-state index in [2.05, 4.69) is 25.6 Å². The van der Waals surface area contributed by atoms with E-state index in [0.717, 1.165) is 29.0 Å². The SMILES string of the molecule is CNc1cc(NCc2cnc(C)s2)nc(C)n1. The molecule has 0 radical (unpaired) electrons. The standard InChI is InChI=1S/C11H15N5S/c1-7-15-10(12-3)4-11(16-7)14-6-9-5-13-8(2)17-9/h4-5H,6H2,1-3H3,(H2,12,14,15,16). The molecule has 0 saturated heterocycles. The highest BCUT2D eigenvalue weighted by Gasteiger charge is 2.02. The van der Waals surface area contributed by atoms with Gasteiger partial charge in [0.25, 0.3) is 0 Å². The highest BCUT2D eigenvalue weighted by molar-refractivity contribution is 7.11. The quantitative estimate of drug-likeness (QED) is 0.869. The molecule has 0 unspecified atom stereocenters. The van der Waals surface area contributed by atoms with E-state index in [1.165, 1.54) is 4.88 Å². The van der Waals surface area contributed by atoms with Crippen LogP contribution in [0, 0.1) is 13.8 Å². The maximum absolute atomic E-state index is 4.33. The summed E-state index contributed by atoms with van der Waals surface area (Å²) in [6, 6.07) is 1.89. The van der Waals surface area contributed by atoms with Crippen LogP contribution in [0.3, 0.4) is 0 Å². The Balaban J connectivity index is 2.05. The summed E-state index contributed by atoms with van der Waals surface area (Å²) in [6.07, 6.45) is 1.89. The van der Waals surface area contributed by atoms with Gasteiger partial charge >= 0.3 is 0 Å². The molecular formula is C11H15N5S. The zero-order valence-corrected chi connectivity index (χ0v) is 10.9. The van der Waals surface area contributed by atoms with Crippen LogP contribution < -0.4 is 10.6 Å². The lowest BCUT2D eigenvalue weighted by molar-refractivity contribution is 1.03. The molecule has 0 spiro atoms. The van der Waals surface area contributed by atoms with Gasteiger partial charge < -0.3 is 10.6 Å². The van der Waals surface area contributed by atoms with Crippen molar-refractivity contribution in [1.82, 2.24) is 15.0 Å². The van der Waals surface area contributed by atoms with Gasteiger partial charge in [0.2, 0.25) is 0 Å². The minimum atomic E-state index is 0.741. The Morgan fingerprint density at radius 3 is 2.65 bits per heavy atom. The molecule has 0 aromatic carbocycles. The van der Waals surface area contributed by atoms with Crippen LogP contribution >= 0.6 is 11.3 Å². The summed E-state index contributed by atoms with van der Waals surface area (Å²) >= 11 is 1.69. The second-order valence-electron chi connectivity index (χ2n) is 3.63. The lowest BCUT2D eigenvalue weighted by Crippen LogP contribution is -2.04. The molecule has 2 aromatic heterocycles. The fourth-order valence-electron chi connectivity index (χ4n) is 1.45. The lowest BCUT2D eigenvalue weighted by atomic mass is 10.4. The van der Waals surface area contributed by atoms with Crippen molar-refractivity contribution in [3.63, 3.8) is 0 Å². The first-order chi connectivity index (χ1) is 8.17. The molecular weight excluding hydrogens is 234 g/mol. The van der Waals surface area contributed by atoms with E-state index in [1.54, 1.807) is 11.3 Å². The van der Waals surface area contributed by atoms with E-state index in [-0.39, 0.29) is 0 Å². The van der Waals surface area contributed by atoms with Crippen LogP contribution in [0.4, 0.5) is 11.6 Å². The minimum Gasteiger partial charge on any atom is -0.373 e. The number of hydrogen-bond donors (Lipinski definition) is 2. The molecule has 0 amide bonds. The van der Waals surface area contributed by atoms with Gasteiger partial charge in [-0.05, 0) is 13.8 Å². The number of rotatable bonds is 4. The molecule has 0 aliphatic carbocycles. The minimum absolute atomic E-state index is 0.741. The Labute approximate surface area is 104 Å². The lowest BCUT2D eigenvalue weighted by Gasteiger charge is -2.06. The van der Waals surface area contributed by atoms with Crippen LogP contribution in [0.1, 0.15) is 15.7 Å². The van der Waals surface area contributed by atoms with Gasteiger partial charge in [-0.1, -0.05) is 0 Å². The second-order valence-corrected chi connectivity index (χ2v) is 4.95. The molecule has 0 saturated carbocycles.